The predicted octanol–water partition coefficient (Wildman–Crippen LogP) is 1.08. The highest BCUT2D eigenvalue weighted by Gasteiger charge is 2.14. The Morgan fingerprint density at radius 1 is 1.36 bits per heavy atom. The van der Waals surface area contributed by atoms with Gasteiger partial charge in [-0.3, -0.25) is 4.99 Å². The number of guanidine groups is 1. The molecule has 1 unspecified atom stereocenters. The molecule has 0 aliphatic carbocycles. The number of nitrogens with one attached hydrogen (secondary N) is 2. The number of hydrogen-bond acceptors (Lipinski definition) is 4. The minimum atomic E-state index is 0.318. The SMILES string of the molecule is CCNC(=NCCCOCC1CCCO1)NCCN(C)CC. The Balaban J connectivity index is 2.07. The van der Waals surface area contributed by atoms with Gasteiger partial charge in [0.1, 0.15) is 0 Å². The van der Waals surface area contributed by atoms with E-state index in [0.717, 1.165) is 71.3 Å². The number of rotatable bonds is 11. The van der Waals surface area contributed by atoms with Gasteiger partial charge < -0.3 is 25.0 Å². The van der Waals surface area contributed by atoms with Crippen LogP contribution in [0.15, 0.2) is 4.99 Å². The van der Waals surface area contributed by atoms with E-state index in [2.05, 4.69) is 41.4 Å². The molecule has 0 bridgehead atoms. The second-order valence-corrected chi connectivity index (χ2v) is 5.65. The van der Waals surface area contributed by atoms with E-state index in [9.17, 15) is 0 Å². The Kier molecular flexibility index (Phi) is 11.1. The zero-order chi connectivity index (χ0) is 16.0. The van der Waals surface area contributed by atoms with Crippen LogP contribution in [0.4, 0.5) is 0 Å². The first kappa shape index (κ1) is 19.2. The molecule has 1 rings (SSSR count). The van der Waals surface area contributed by atoms with Gasteiger partial charge in [0.15, 0.2) is 5.96 Å². The lowest BCUT2D eigenvalue weighted by Crippen LogP contribution is -2.41. The highest BCUT2D eigenvalue weighted by molar-refractivity contribution is 5.79. The van der Waals surface area contributed by atoms with Crippen LogP contribution in [0.3, 0.4) is 0 Å². The van der Waals surface area contributed by atoms with E-state index >= 15 is 0 Å². The van der Waals surface area contributed by atoms with Crippen LogP contribution in [-0.4, -0.2) is 76.6 Å². The fraction of sp³-hybridized carbons (Fsp3) is 0.938. The molecule has 1 aliphatic rings. The van der Waals surface area contributed by atoms with Crippen LogP contribution >= 0.6 is 0 Å². The Labute approximate surface area is 135 Å². The van der Waals surface area contributed by atoms with Gasteiger partial charge in [0, 0.05) is 39.4 Å². The monoisotopic (exact) mass is 314 g/mol. The van der Waals surface area contributed by atoms with Gasteiger partial charge in [0.05, 0.1) is 12.7 Å². The van der Waals surface area contributed by atoms with Crippen LogP contribution in [-0.2, 0) is 9.47 Å². The van der Waals surface area contributed by atoms with E-state index in [0.29, 0.717) is 6.10 Å². The molecule has 1 atom stereocenters. The Hall–Kier alpha value is -0.850. The Bertz CT molecular complexity index is 294. The third kappa shape index (κ3) is 9.23. The maximum Gasteiger partial charge on any atom is 0.191 e. The van der Waals surface area contributed by atoms with Crippen LogP contribution in [0.25, 0.3) is 0 Å². The molecule has 6 nitrogen and oxygen atoms in total. The van der Waals surface area contributed by atoms with Crippen molar-refractivity contribution in [3.8, 4) is 0 Å². The van der Waals surface area contributed by atoms with Crippen molar-refractivity contribution >= 4 is 5.96 Å². The fourth-order valence-electron chi connectivity index (χ4n) is 2.21. The van der Waals surface area contributed by atoms with E-state index in [1.807, 2.05) is 0 Å². The first-order valence-electron chi connectivity index (χ1n) is 8.66. The van der Waals surface area contributed by atoms with Crippen LogP contribution in [0.2, 0.25) is 0 Å². The number of nitrogens with zero attached hydrogens (tertiary/aromatic N) is 2. The summed E-state index contributed by atoms with van der Waals surface area (Å²) in [6.07, 6.45) is 3.57. The molecule has 0 saturated carbocycles. The zero-order valence-corrected chi connectivity index (χ0v) is 14.6. The van der Waals surface area contributed by atoms with Gasteiger partial charge in [-0.05, 0) is 39.8 Å². The van der Waals surface area contributed by atoms with Gasteiger partial charge in [0.2, 0.25) is 0 Å². The standard InChI is InChI=1S/C16H34N4O2/c1-4-17-16(19-10-11-20(3)5-2)18-9-7-12-21-14-15-8-6-13-22-15/h15H,4-14H2,1-3H3,(H2,17,18,19). The molecule has 0 radical (unpaired) electrons. The molecule has 130 valence electrons. The molecule has 1 saturated heterocycles. The van der Waals surface area contributed by atoms with E-state index in [4.69, 9.17) is 9.47 Å². The topological polar surface area (TPSA) is 58.1 Å². The molecule has 0 spiro atoms. The van der Waals surface area contributed by atoms with E-state index in [1.165, 1.54) is 6.42 Å². The van der Waals surface area contributed by atoms with Crippen LogP contribution < -0.4 is 10.6 Å². The quantitative estimate of drug-likeness (QED) is 0.339. The van der Waals surface area contributed by atoms with Gasteiger partial charge >= 0.3 is 0 Å². The molecular formula is C16H34N4O2. The Morgan fingerprint density at radius 3 is 2.91 bits per heavy atom. The largest absolute Gasteiger partial charge is 0.379 e. The van der Waals surface area contributed by atoms with Crippen molar-refractivity contribution in [2.45, 2.75) is 39.2 Å². The molecular weight excluding hydrogens is 280 g/mol. The molecule has 22 heavy (non-hydrogen) atoms. The van der Waals surface area contributed by atoms with Crippen molar-refractivity contribution in [1.82, 2.24) is 15.5 Å². The molecule has 0 amide bonds. The van der Waals surface area contributed by atoms with E-state index in [1.54, 1.807) is 0 Å². The first-order chi connectivity index (χ1) is 10.8. The molecule has 6 heteroatoms. The average Bonchev–Trinajstić information content (AvgIpc) is 3.03. The van der Waals surface area contributed by atoms with Crippen LogP contribution in [0.1, 0.15) is 33.1 Å². The molecule has 0 aromatic carbocycles. The molecule has 0 aromatic rings. The summed E-state index contributed by atoms with van der Waals surface area (Å²) in [6.45, 7) is 11.3. The second-order valence-electron chi connectivity index (χ2n) is 5.65. The third-order valence-corrected chi connectivity index (χ3v) is 3.71. The van der Waals surface area contributed by atoms with Gasteiger partial charge in [-0.25, -0.2) is 0 Å². The van der Waals surface area contributed by atoms with Crippen molar-refractivity contribution in [3.63, 3.8) is 0 Å². The lowest BCUT2D eigenvalue weighted by atomic mass is 10.2. The predicted molar refractivity (Wildman–Crippen MR) is 91.6 cm³/mol. The average molecular weight is 314 g/mol. The smallest absolute Gasteiger partial charge is 0.191 e. The molecule has 2 N–H and O–H groups in total. The lowest BCUT2D eigenvalue weighted by molar-refractivity contribution is 0.0171. The van der Waals surface area contributed by atoms with Crippen molar-refractivity contribution in [3.05, 3.63) is 0 Å². The molecule has 0 aromatic heterocycles. The molecule has 1 heterocycles. The van der Waals surface area contributed by atoms with Crippen molar-refractivity contribution in [1.29, 1.82) is 0 Å². The maximum absolute atomic E-state index is 5.64. The number of aliphatic imine (C=N–C) groups is 1. The number of hydrogen-bond donors (Lipinski definition) is 2. The summed E-state index contributed by atoms with van der Waals surface area (Å²) < 4.78 is 11.2. The Morgan fingerprint density at radius 2 is 2.23 bits per heavy atom. The van der Waals surface area contributed by atoms with Crippen molar-refractivity contribution in [2.75, 3.05) is 59.6 Å². The fourth-order valence-corrected chi connectivity index (χ4v) is 2.21. The first-order valence-corrected chi connectivity index (χ1v) is 8.66. The van der Waals surface area contributed by atoms with Crippen molar-refractivity contribution < 1.29 is 9.47 Å². The minimum Gasteiger partial charge on any atom is -0.379 e. The normalized spacial score (nSPS) is 18.9. The van der Waals surface area contributed by atoms with Crippen molar-refractivity contribution in [2.24, 2.45) is 4.99 Å². The summed E-state index contributed by atoms with van der Waals surface area (Å²) >= 11 is 0. The highest BCUT2D eigenvalue weighted by Crippen LogP contribution is 2.11. The van der Waals surface area contributed by atoms with Crippen LogP contribution in [0, 0.1) is 0 Å². The van der Waals surface area contributed by atoms with Gasteiger partial charge in [0.25, 0.3) is 0 Å². The van der Waals surface area contributed by atoms with Gasteiger partial charge in [-0.15, -0.1) is 0 Å². The zero-order valence-electron chi connectivity index (χ0n) is 14.6. The summed E-state index contributed by atoms with van der Waals surface area (Å²) in [7, 11) is 2.12. The summed E-state index contributed by atoms with van der Waals surface area (Å²) in [6, 6.07) is 0. The number of ether oxygens (including phenoxy) is 2. The summed E-state index contributed by atoms with van der Waals surface area (Å²) in [5.74, 6) is 0.895. The van der Waals surface area contributed by atoms with Crippen LogP contribution in [0.5, 0.6) is 0 Å². The molecule has 1 fully saturated rings. The summed E-state index contributed by atoms with van der Waals surface area (Å²) in [5.41, 5.74) is 0. The van der Waals surface area contributed by atoms with E-state index < -0.39 is 0 Å². The maximum atomic E-state index is 5.64. The minimum absolute atomic E-state index is 0.318. The lowest BCUT2D eigenvalue weighted by Gasteiger charge is -2.16. The van der Waals surface area contributed by atoms with Gasteiger partial charge in [-0.1, -0.05) is 6.92 Å². The summed E-state index contributed by atoms with van der Waals surface area (Å²) in [4.78, 5) is 6.84. The second kappa shape index (κ2) is 12.7. The third-order valence-electron chi connectivity index (χ3n) is 3.71. The van der Waals surface area contributed by atoms with Gasteiger partial charge in [-0.2, -0.15) is 0 Å². The highest BCUT2D eigenvalue weighted by atomic mass is 16.5. The number of likely N-dealkylation sites (N-methyl/N-ethyl adjacent to an activating group) is 1. The summed E-state index contributed by atoms with van der Waals surface area (Å²) in [5, 5.41) is 6.63. The molecule has 1 aliphatic heterocycles. The van der Waals surface area contributed by atoms with E-state index in [-0.39, 0.29) is 0 Å².